The fourth-order valence-electron chi connectivity index (χ4n) is 7.73. The van der Waals surface area contributed by atoms with Gasteiger partial charge in [0.05, 0.1) is 12.7 Å². The minimum absolute atomic E-state index is 0.0684. The van der Waals surface area contributed by atoms with Gasteiger partial charge >= 0.3 is 12.1 Å². The van der Waals surface area contributed by atoms with E-state index in [1.165, 1.54) is 12.2 Å². The van der Waals surface area contributed by atoms with Crippen LogP contribution in [0.15, 0.2) is 23.8 Å². The highest BCUT2D eigenvalue weighted by atomic mass is 19.1. The fourth-order valence-corrected chi connectivity index (χ4v) is 7.73. The molecule has 1 N–H and O–H groups in total. The summed E-state index contributed by atoms with van der Waals surface area (Å²) in [5.74, 6) is -3.10. The van der Waals surface area contributed by atoms with Crippen molar-refractivity contribution >= 4 is 17.9 Å². The van der Waals surface area contributed by atoms with E-state index in [1.54, 1.807) is 33.8 Å². The van der Waals surface area contributed by atoms with E-state index in [9.17, 15) is 23.9 Å². The molecule has 194 valence electrons. The van der Waals surface area contributed by atoms with Gasteiger partial charge in [-0.25, -0.2) is 18.4 Å². The lowest BCUT2D eigenvalue weighted by molar-refractivity contribution is -0.231. The number of aliphatic hydroxyl groups excluding tert-OH is 1. The molecule has 0 bridgehead atoms. The molecule has 7 nitrogen and oxygen atoms in total. The predicted molar refractivity (Wildman–Crippen MR) is 120 cm³/mol. The average Bonchev–Trinajstić information content (AvgIpc) is 3.01. The summed E-state index contributed by atoms with van der Waals surface area (Å²) < 4.78 is 46.0. The zero-order valence-electron chi connectivity index (χ0n) is 20.6. The van der Waals surface area contributed by atoms with Crippen molar-refractivity contribution in [2.24, 2.45) is 28.6 Å². The van der Waals surface area contributed by atoms with E-state index in [0.29, 0.717) is 31.3 Å². The summed E-state index contributed by atoms with van der Waals surface area (Å²) in [7, 11) is 0. The van der Waals surface area contributed by atoms with Crippen molar-refractivity contribution in [3.63, 3.8) is 0 Å². The first-order chi connectivity index (χ1) is 16.4. The highest BCUT2D eigenvalue weighted by Gasteiger charge is 2.78. The molecule has 0 aromatic heterocycles. The van der Waals surface area contributed by atoms with Crippen molar-refractivity contribution < 1.29 is 42.5 Å². The number of allylic oxidation sites excluding steroid dienone is 4. The van der Waals surface area contributed by atoms with Crippen LogP contribution in [0.3, 0.4) is 0 Å². The Morgan fingerprint density at radius 3 is 2.60 bits per heavy atom. The van der Waals surface area contributed by atoms with Crippen LogP contribution in [-0.2, 0) is 23.8 Å². The van der Waals surface area contributed by atoms with Crippen LogP contribution in [0, 0.1) is 28.6 Å². The number of ketones is 1. The topological polar surface area (TPSA) is 99.1 Å². The highest BCUT2D eigenvalue weighted by Crippen LogP contribution is 2.71. The fraction of sp³-hybridized carbons (Fsp3) is 0.731. The maximum absolute atomic E-state index is 17.3. The molecule has 3 saturated carbocycles. The number of carbonyl (C=O) groups is 3. The van der Waals surface area contributed by atoms with Gasteiger partial charge in [-0.2, -0.15) is 0 Å². The SMILES string of the molecule is CCCOC(=O)O[C@]1(C(=O)OCF)[C@H](C)C[C@H]2[C@@H]3CCC4=CC(=O)C=C[C@]4(C)[C@@]3(F)[C@@H](O)C[C@@]21C. The second kappa shape index (κ2) is 8.68. The van der Waals surface area contributed by atoms with Gasteiger partial charge in [0, 0.05) is 22.7 Å². The minimum atomic E-state index is -2.11. The molecule has 4 rings (SSSR count). The van der Waals surface area contributed by atoms with Crippen molar-refractivity contribution in [3.05, 3.63) is 23.8 Å². The Hall–Kier alpha value is -2.29. The molecule has 8 atom stereocenters. The summed E-state index contributed by atoms with van der Waals surface area (Å²) in [6.45, 7) is 5.53. The smallest absolute Gasteiger partial charge is 0.434 e. The van der Waals surface area contributed by atoms with Crippen molar-refractivity contribution in [2.75, 3.05) is 13.5 Å². The lowest BCUT2D eigenvalue weighted by Crippen LogP contribution is -2.70. The number of hydrogen-bond acceptors (Lipinski definition) is 7. The van der Waals surface area contributed by atoms with Crippen molar-refractivity contribution in [3.8, 4) is 0 Å². The van der Waals surface area contributed by atoms with Gasteiger partial charge in [-0.05, 0) is 57.1 Å². The molecule has 4 aliphatic rings. The maximum atomic E-state index is 17.3. The molecule has 3 fully saturated rings. The summed E-state index contributed by atoms with van der Waals surface area (Å²) in [4.78, 5) is 37.9. The number of hydrogen-bond donors (Lipinski definition) is 1. The number of alkyl halides is 2. The van der Waals surface area contributed by atoms with E-state index in [-0.39, 0.29) is 18.8 Å². The van der Waals surface area contributed by atoms with Crippen LogP contribution in [0.4, 0.5) is 13.6 Å². The monoisotopic (exact) mass is 496 g/mol. The summed E-state index contributed by atoms with van der Waals surface area (Å²) in [5.41, 5.74) is -5.86. The zero-order valence-corrected chi connectivity index (χ0v) is 20.6. The Bertz CT molecular complexity index is 979. The normalized spacial score (nSPS) is 44.0. The van der Waals surface area contributed by atoms with E-state index in [2.05, 4.69) is 0 Å². The van der Waals surface area contributed by atoms with Gasteiger partial charge in [-0.15, -0.1) is 0 Å². The molecule has 0 aromatic carbocycles. The zero-order chi connectivity index (χ0) is 25.8. The van der Waals surface area contributed by atoms with Crippen molar-refractivity contribution in [1.29, 1.82) is 0 Å². The van der Waals surface area contributed by atoms with Crippen LogP contribution in [-0.4, -0.2) is 53.9 Å². The second-order valence-corrected chi connectivity index (χ2v) is 10.9. The number of carbonyl (C=O) groups excluding carboxylic acids is 3. The molecule has 0 aliphatic heterocycles. The highest BCUT2D eigenvalue weighted by molar-refractivity contribution is 6.01. The van der Waals surface area contributed by atoms with Gasteiger partial charge < -0.3 is 19.3 Å². The van der Waals surface area contributed by atoms with Crippen molar-refractivity contribution in [1.82, 2.24) is 0 Å². The molecule has 0 unspecified atom stereocenters. The van der Waals surface area contributed by atoms with Crippen LogP contribution in [0.5, 0.6) is 0 Å². The first-order valence-corrected chi connectivity index (χ1v) is 12.3. The molecule has 0 amide bonds. The van der Waals surface area contributed by atoms with Crippen molar-refractivity contribution in [2.45, 2.75) is 77.2 Å². The van der Waals surface area contributed by atoms with Gasteiger partial charge in [-0.3, -0.25) is 4.79 Å². The first kappa shape index (κ1) is 25.8. The summed E-state index contributed by atoms with van der Waals surface area (Å²) in [5, 5.41) is 11.4. The summed E-state index contributed by atoms with van der Waals surface area (Å²) in [6, 6.07) is 0. The van der Waals surface area contributed by atoms with Crippen LogP contribution in [0.2, 0.25) is 0 Å². The number of fused-ring (bicyclic) bond motifs is 5. The minimum Gasteiger partial charge on any atom is -0.434 e. The molecular formula is C26H34F2O7. The van der Waals surface area contributed by atoms with E-state index in [1.807, 2.05) is 0 Å². The third-order valence-electron chi connectivity index (χ3n) is 9.34. The van der Waals surface area contributed by atoms with E-state index in [4.69, 9.17) is 14.2 Å². The standard InChI is InChI=1S/C26H34F2O7/c1-5-10-33-22(32)35-26(21(31)34-14-27)15(2)11-19-18-7-6-16-12-17(29)8-9-23(16,3)25(18,28)20(30)13-24(19,26)4/h8-9,12,15,18-20,30H,5-7,10-11,13-14H2,1-4H3/t15-,18+,19+,20+,23+,24+,25+,26+/m1/s1. The maximum Gasteiger partial charge on any atom is 0.509 e. The van der Waals surface area contributed by atoms with Crippen LogP contribution < -0.4 is 0 Å². The molecule has 35 heavy (non-hydrogen) atoms. The van der Waals surface area contributed by atoms with Crippen LogP contribution >= 0.6 is 0 Å². The molecule has 4 aliphatic carbocycles. The Morgan fingerprint density at radius 1 is 1.23 bits per heavy atom. The van der Waals surface area contributed by atoms with E-state index < -0.39 is 64.9 Å². The van der Waals surface area contributed by atoms with Gasteiger partial charge in [0.25, 0.3) is 0 Å². The van der Waals surface area contributed by atoms with Crippen LogP contribution in [0.1, 0.15) is 59.8 Å². The van der Waals surface area contributed by atoms with E-state index >= 15 is 4.39 Å². The van der Waals surface area contributed by atoms with Crippen LogP contribution in [0.25, 0.3) is 0 Å². The molecule has 0 saturated heterocycles. The molecule has 0 spiro atoms. The van der Waals surface area contributed by atoms with Gasteiger partial charge in [-0.1, -0.05) is 32.4 Å². The number of halogens is 2. The molecule has 0 radical (unpaired) electrons. The lowest BCUT2D eigenvalue weighted by atomic mass is 9.44. The second-order valence-electron chi connectivity index (χ2n) is 10.9. The summed E-state index contributed by atoms with van der Waals surface area (Å²) in [6.07, 6.45) is 3.12. The largest absolute Gasteiger partial charge is 0.509 e. The van der Waals surface area contributed by atoms with Gasteiger partial charge in [0.1, 0.15) is 0 Å². The quantitative estimate of drug-likeness (QED) is 0.564. The third kappa shape index (κ3) is 3.33. The number of esters is 1. The number of ether oxygens (including phenoxy) is 3. The lowest BCUT2D eigenvalue weighted by Gasteiger charge is -2.62. The number of rotatable bonds is 5. The molecule has 0 aromatic rings. The van der Waals surface area contributed by atoms with Gasteiger partial charge in [0.15, 0.2) is 11.5 Å². The van der Waals surface area contributed by atoms with E-state index in [0.717, 1.165) is 0 Å². The average molecular weight is 497 g/mol. The summed E-state index contributed by atoms with van der Waals surface area (Å²) >= 11 is 0. The Kier molecular flexibility index (Phi) is 6.39. The Balaban J connectivity index is 1.80. The molecule has 0 heterocycles. The predicted octanol–water partition coefficient (Wildman–Crippen LogP) is 4.38. The molecular weight excluding hydrogens is 462 g/mol. The Labute approximate surface area is 203 Å². The first-order valence-electron chi connectivity index (χ1n) is 12.3. The third-order valence-corrected chi connectivity index (χ3v) is 9.34. The van der Waals surface area contributed by atoms with Gasteiger partial charge in [0.2, 0.25) is 12.5 Å². The molecule has 9 heteroatoms. The Morgan fingerprint density at radius 2 is 1.94 bits per heavy atom. The number of aliphatic hydroxyl groups is 1.